The molecule has 2 atom stereocenters. The van der Waals surface area contributed by atoms with Crippen LogP contribution < -0.4 is 0 Å². The van der Waals surface area contributed by atoms with E-state index >= 15 is 0 Å². The van der Waals surface area contributed by atoms with Crippen molar-refractivity contribution in [3.8, 4) is 0 Å². The Morgan fingerprint density at radius 2 is 1.73 bits per heavy atom. The van der Waals surface area contributed by atoms with Crippen molar-refractivity contribution in [3.63, 3.8) is 0 Å². The first-order chi connectivity index (χ1) is 5.12. The van der Waals surface area contributed by atoms with Gasteiger partial charge in [-0.2, -0.15) is 0 Å². The predicted molar refractivity (Wildman–Crippen MR) is 48.9 cm³/mol. The molecule has 0 aliphatic heterocycles. The molecular weight excluding hydrogens is 156 g/mol. The van der Waals surface area contributed by atoms with Crippen LogP contribution >= 0.6 is 11.6 Å². The maximum atomic E-state index is 6.52. The second-order valence-electron chi connectivity index (χ2n) is 4.55. The maximum absolute atomic E-state index is 6.52. The summed E-state index contributed by atoms with van der Waals surface area (Å²) in [6.45, 7) is 4.58. The Morgan fingerprint density at radius 3 is 2.00 bits per heavy atom. The van der Waals surface area contributed by atoms with Crippen LogP contribution in [0.1, 0.15) is 39.5 Å². The number of fused-ring (bicyclic) bond motifs is 3. The van der Waals surface area contributed by atoms with Gasteiger partial charge in [-0.25, -0.2) is 0 Å². The monoisotopic (exact) mass is 172 g/mol. The van der Waals surface area contributed by atoms with E-state index in [1.807, 2.05) is 0 Å². The molecule has 0 saturated heterocycles. The first-order valence-corrected chi connectivity index (χ1v) is 5.19. The minimum Gasteiger partial charge on any atom is -0.119 e. The van der Waals surface area contributed by atoms with Crippen LogP contribution in [-0.2, 0) is 0 Å². The van der Waals surface area contributed by atoms with E-state index in [2.05, 4.69) is 13.8 Å². The van der Waals surface area contributed by atoms with Crippen LogP contribution in [0.15, 0.2) is 0 Å². The van der Waals surface area contributed by atoms with E-state index in [0.29, 0.717) is 0 Å². The number of alkyl halides is 1. The van der Waals surface area contributed by atoms with Crippen LogP contribution in [0.25, 0.3) is 0 Å². The molecule has 0 aromatic heterocycles. The number of rotatable bonds is 0. The van der Waals surface area contributed by atoms with E-state index in [1.54, 1.807) is 0 Å². The van der Waals surface area contributed by atoms with Gasteiger partial charge >= 0.3 is 0 Å². The highest BCUT2D eigenvalue weighted by Gasteiger charge is 2.48. The fraction of sp³-hybridized carbons (Fsp3) is 1.00. The summed E-state index contributed by atoms with van der Waals surface area (Å²) in [5, 5.41) is 0. The summed E-state index contributed by atoms with van der Waals surface area (Å²) in [5.74, 6) is 2.49. The Balaban J connectivity index is 2.23. The van der Waals surface area contributed by atoms with E-state index in [1.165, 1.54) is 25.7 Å². The van der Waals surface area contributed by atoms with Crippen molar-refractivity contribution >= 4 is 11.6 Å². The smallest absolute Gasteiger partial charge is 0.0474 e. The molecule has 3 aliphatic carbocycles. The highest BCUT2D eigenvalue weighted by atomic mass is 35.5. The Hall–Kier alpha value is 0.290. The molecule has 3 aliphatic rings. The van der Waals surface area contributed by atoms with Crippen molar-refractivity contribution in [2.45, 2.75) is 44.4 Å². The summed E-state index contributed by atoms with van der Waals surface area (Å²) in [7, 11) is 0. The molecule has 2 bridgehead atoms. The Labute approximate surface area is 74.3 Å². The zero-order chi connectivity index (χ0) is 8.06. The first kappa shape index (κ1) is 7.91. The Bertz CT molecular complexity index is 150. The van der Waals surface area contributed by atoms with Crippen LogP contribution in [0.2, 0.25) is 0 Å². The lowest BCUT2D eigenvalue weighted by Gasteiger charge is -2.51. The summed E-state index contributed by atoms with van der Waals surface area (Å²) in [6.07, 6.45) is 5.65. The molecule has 64 valence electrons. The zero-order valence-electron chi connectivity index (χ0n) is 7.44. The fourth-order valence-electron chi connectivity index (χ4n) is 3.02. The van der Waals surface area contributed by atoms with Crippen LogP contribution in [-0.4, -0.2) is 4.87 Å². The normalized spacial score (nSPS) is 56.5. The highest BCUT2D eigenvalue weighted by molar-refractivity contribution is 6.24. The molecule has 0 nitrogen and oxygen atoms in total. The summed E-state index contributed by atoms with van der Waals surface area (Å²) >= 11 is 6.52. The van der Waals surface area contributed by atoms with Gasteiger partial charge in [-0.1, -0.05) is 6.92 Å². The molecule has 0 aromatic carbocycles. The molecule has 3 fully saturated rings. The van der Waals surface area contributed by atoms with E-state index in [4.69, 9.17) is 11.6 Å². The molecule has 3 rings (SSSR count). The fourth-order valence-corrected chi connectivity index (χ4v) is 3.41. The quantitative estimate of drug-likeness (QED) is 0.491. The summed E-state index contributed by atoms with van der Waals surface area (Å²) in [4.78, 5) is 0.126. The van der Waals surface area contributed by atoms with E-state index in [-0.39, 0.29) is 4.87 Å². The van der Waals surface area contributed by atoms with E-state index in [9.17, 15) is 0 Å². The third kappa shape index (κ3) is 1.02. The van der Waals surface area contributed by atoms with Gasteiger partial charge in [-0.05, 0) is 50.4 Å². The number of hydrogen-bond acceptors (Lipinski definition) is 0. The van der Waals surface area contributed by atoms with Gasteiger partial charge in [0, 0.05) is 4.87 Å². The van der Waals surface area contributed by atoms with Crippen molar-refractivity contribution in [2.75, 3.05) is 0 Å². The molecule has 1 heteroatoms. The van der Waals surface area contributed by atoms with Crippen molar-refractivity contribution in [3.05, 3.63) is 0 Å². The molecular formula is C10H17Cl. The molecule has 0 N–H and O–H groups in total. The van der Waals surface area contributed by atoms with Crippen LogP contribution in [0, 0.1) is 17.8 Å². The lowest BCUT2D eigenvalue weighted by atomic mass is 9.59. The SMILES string of the molecule is CC1C2CCC(CC2)C1(C)Cl. The average molecular weight is 173 g/mol. The van der Waals surface area contributed by atoms with Gasteiger partial charge in [0.15, 0.2) is 0 Å². The minimum atomic E-state index is 0.126. The van der Waals surface area contributed by atoms with Crippen molar-refractivity contribution in [1.82, 2.24) is 0 Å². The molecule has 0 radical (unpaired) electrons. The van der Waals surface area contributed by atoms with Gasteiger partial charge in [-0.3, -0.25) is 0 Å². The molecule has 11 heavy (non-hydrogen) atoms. The van der Waals surface area contributed by atoms with Crippen molar-refractivity contribution < 1.29 is 0 Å². The Kier molecular flexibility index (Phi) is 1.72. The lowest BCUT2D eigenvalue weighted by molar-refractivity contribution is 0.0651. The lowest BCUT2D eigenvalue weighted by Crippen LogP contribution is -2.47. The molecule has 0 aromatic rings. The average Bonchev–Trinajstić information content (AvgIpc) is 2.01. The second-order valence-corrected chi connectivity index (χ2v) is 5.37. The van der Waals surface area contributed by atoms with Gasteiger partial charge in [0.05, 0.1) is 0 Å². The summed E-state index contributed by atoms with van der Waals surface area (Å²) in [6, 6.07) is 0. The number of hydrogen-bond donors (Lipinski definition) is 0. The van der Waals surface area contributed by atoms with Crippen molar-refractivity contribution in [2.24, 2.45) is 17.8 Å². The number of halogens is 1. The van der Waals surface area contributed by atoms with Crippen molar-refractivity contribution in [1.29, 1.82) is 0 Å². The molecule has 0 amide bonds. The second kappa shape index (κ2) is 2.39. The van der Waals surface area contributed by atoms with E-state index in [0.717, 1.165) is 17.8 Å². The molecule has 0 spiro atoms. The van der Waals surface area contributed by atoms with E-state index < -0.39 is 0 Å². The van der Waals surface area contributed by atoms with Crippen LogP contribution in [0.3, 0.4) is 0 Å². The molecule has 3 saturated carbocycles. The van der Waals surface area contributed by atoms with Crippen LogP contribution in [0.5, 0.6) is 0 Å². The largest absolute Gasteiger partial charge is 0.119 e. The third-order valence-corrected chi connectivity index (χ3v) is 4.82. The van der Waals surface area contributed by atoms with Gasteiger partial charge in [0.25, 0.3) is 0 Å². The predicted octanol–water partition coefficient (Wildman–Crippen LogP) is 3.44. The standard InChI is InChI=1S/C10H17Cl/c1-7-8-3-5-9(6-4-8)10(7,2)11/h7-9H,3-6H2,1-2H3. The first-order valence-electron chi connectivity index (χ1n) is 4.81. The third-order valence-electron chi connectivity index (χ3n) is 4.17. The van der Waals surface area contributed by atoms with Gasteiger partial charge < -0.3 is 0 Å². The maximum Gasteiger partial charge on any atom is 0.0474 e. The van der Waals surface area contributed by atoms with Gasteiger partial charge in [-0.15, -0.1) is 11.6 Å². The molecule has 0 heterocycles. The topological polar surface area (TPSA) is 0 Å². The molecule has 2 unspecified atom stereocenters. The zero-order valence-corrected chi connectivity index (χ0v) is 8.19. The Morgan fingerprint density at radius 1 is 1.18 bits per heavy atom. The highest BCUT2D eigenvalue weighted by Crippen LogP contribution is 2.53. The minimum absolute atomic E-state index is 0.126. The van der Waals surface area contributed by atoms with Gasteiger partial charge in [0.2, 0.25) is 0 Å². The summed E-state index contributed by atoms with van der Waals surface area (Å²) in [5.41, 5.74) is 0. The van der Waals surface area contributed by atoms with Crippen LogP contribution in [0.4, 0.5) is 0 Å². The summed E-state index contributed by atoms with van der Waals surface area (Å²) < 4.78 is 0. The van der Waals surface area contributed by atoms with Gasteiger partial charge in [0.1, 0.15) is 0 Å².